The molecule has 3 rings (SSSR count). The lowest BCUT2D eigenvalue weighted by Crippen LogP contribution is -2.27. The quantitative estimate of drug-likeness (QED) is 0.682. The van der Waals surface area contributed by atoms with Crippen LogP contribution in [0.5, 0.6) is 0 Å². The molecule has 0 aliphatic heterocycles. The minimum Gasteiger partial charge on any atom is -0.380 e. The summed E-state index contributed by atoms with van der Waals surface area (Å²) in [4.78, 5) is 20.2. The Labute approximate surface area is 134 Å². The molecule has 1 atom stereocenters. The van der Waals surface area contributed by atoms with Crippen LogP contribution < -0.4 is 0 Å². The Morgan fingerprint density at radius 1 is 1.22 bits per heavy atom. The third kappa shape index (κ3) is 3.42. The summed E-state index contributed by atoms with van der Waals surface area (Å²) in [5.74, 6) is 5.63. The average Bonchev–Trinajstić information content (AvgIpc) is 2.86. The summed E-state index contributed by atoms with van der Waals surface area (Å²) in [5, 5.41) is 10.7. The maximum absolute atomic E-state index is 12.0. The molecule has 1 aliphatic carbocycles. The number of hydrogen-bond acceptors (Lipinski definition) is 4. The molecule has 4 nitrogen and oxygen atoms in total. The van der Waals surface area contributed by atoms with E-state index in [9.17, 15) is 9.90 Å². The summed E-state index contributed by atoms with van der Waals surface area (Å²) in [5.41, 5.74) is 0.290. The van der Waals surface area contributed by atoms with Crippen molar-refractivity contribution in [2.45, 2.75) is 12.0 Å². The van der Waals surface area contributed by atoms with Gasteiger partial charge in [0, 0.05) is 36.1 Å². The van der Waals surface area contributed by atoms with Crippen molar-refractivity contribution in [1.82, 2.24) is 9.97 Å². The van der Waals surface area contributed by atoms with E-state index in [1.807, 2.05) is 12.1 Å². The molecule has 1 N–H and O–H groups in total. The molecule has 0 bridgehead atoms. The zero-order chi connectivity index (χ0) is 16.1. The maximum atomic E-state index is 12.0. The fourth-order valence-electron chi connectivity index (χ4n) is 2.28. The summed E-state index contributed by atoms with van der Waals surface area (Å²) in [7, 11) is 0. The molecule has 2 aromatic heterocycles. The minimum atomic E-state index is -1.39. The van der Waals surface area contributed by atoms with Crippen LogP contribution in [0.25, 0.3) is 6.08 Å². The van der Waals surface area contributed by atoms with Crippen molar-refractivity contribution in [2.24, 2.45) is 0 Å². The second-order valence-electron chi connectivity index (χ2n) is 5.15. The predicted molar refractivity (Wildman–Crippen MR) is 87.0 cm³/mol. The number of allylic oxidation sites excluding steroid dienone is 1. The first-order chi connectivity index (χ1) is 11.2. The summed E-state index contributed by atoms with van der Waals surface area (Å²) in [6.07, 6.45) is 9.56. The van der Waals surface area contributed by atoms with Crippen molar-refractivity contribution in [1.29, 1.82) is 0 Å². The molecule has 1 aliphatic rings. The molecule has 0 aromatic carbocycles. The van der Waals surface area contributed by atoms with Crippen LogP contribution in [0.4, 0.5) is 0 Å². The number of carbonyl (C=O) groups excluding carboxylic acids is 1. The first kappa shape index (κ1) is 14.9. The molecule has 4 heteroatoms. The van der Waals surface area contributed by atoms with Gasteiger partial charge in [-0.1, -0.05) is 17.9 Å². The number of rotatable bonds is 2. The van der Waals surface area contributed by atoms with Crippen molar-refractivity contribution in [3.05, 3.63) is 77.9 Å². The monoisotopic (exact) mass is 302 g/mol. The van der Waals surface area contributed by atoms with Crippen LogP contribution in [0, 0.1) is 11.8 Å². The lowest BCUT2D eigenvalue weighted by atomic mass is 9.92. The Balaban J connectivity index is 1.85. The molecule has 23 heavy (non-hydrogen) atoms. The van der Waals surface area contributed by atoms with E-state index < -0.39 is 5.60 Å². The molecule has 0 saturated heterocycles. The number of aromatic nitrogens is 2. The van der Waals surface area contributed by atoms with Gasteiger partial charge in [-0.15, -0.1) is 0 Å². The fraction of sp³-hybridized carbons (Fsp3) is 0.105. The van der Waals surface area contributed by atoms with Gasteiger partial charge in [0.05, 0.1) is 5.69 Å². The Kier molecular flexibility index (Phi) is 4.13. The van der Waals surface area contributed by atoms with Crippen molar-refractivity contribution in [3.63, 3.8) is 0 Å². The highest BCUT2D eigenvalue weighted by Gasteiger charge is 2.36. The van der Waals surface area contributed by atoms with Crippen LogP contribution in [-0.4, -0.2) is 26.5 Å². The standard InChI is InChI=1S/C19H14N2O2/c22-18-8-10-19(23,9-3-5-15-6-4-11-20-14-15)17(18)13-16-7-1-2-12-21-16/h1-2,4,6-8,10-14,23H,9H2/b17-13-. The minimum absolute atomic E-state index is 0.128. The van der Waals surface area contributed by atoms with Gasteiger partial charge in [-0.3, -0.25) is 14.8 Å². The van der Waals surface area contributed by atoms with E-state index in [1.165, 1.54) is 12.2 Å². The van der Waals surface area contributed by atoms with E-state index >= 15 is 0 Å². The second-order valence-corrected chi connectivity index (χ2v) is 5.15. The third-order valence-corrected chi connectivity index (χ3v) is 3.47. The molecule has 0 saturated carbocycles. The van der Waals surface area contributed by atoms with E-state index in [4.69, 9.17) is 0 Å². The fourth-order valence-corrected chi connectivity index (χ4v) is 2.28. The Morgan fingerprint density at radius 2 is 2.13 bits per heavy atom. The number of carbonyl (C=O) groups is 1. The first-order valence-corrected chi connectivity index (χ1v) is 7.15. The lowest BCUT2D eigenvalue weighted by Gasteiger charge is -2.19. The van der Waals surface area contributed by atoms with Crippen LogP contribution >= 0.6 is 0 Å². The highest BCUT2D eigenvalue weighted by Crippen LogP contribution is 2.30. The van der Waals surface area contributed by atoms with Crippen molar-refractivity contribution in [2.75, 3.05) is 0 Å². The zero-order valence-electron chi connectivity index (χ0n) is 12.3. The van der Waals surface area contributed by atoms with Gasteiger partial charge in [-0.25, -0.2) is 0 Å². The van der Waals surface area contributed by atoms with E-state index in [2.05, 4.69) is 21.8 Å². The molecular formula is C19H14N2O2. The van der Waals surface area contributed by atoms with Gasteiger partial charge >= 0.3 is 0 Å². The van der Waals surface area contributed by atoms with Crippen LogP contribution in [0.15, 0.2) is 66.6 Å². The molecule has 112 valence electrons. The molecule has 0 fully saturated rings. The normalized spacial score (nSPS) is 21.3. The number of pyridine rings is 2. The van der Waals surface area contributed by atoms with Gasteiger partial charge < -0.3 is 5.11 Å². The SMILES string of the molecule is O=C1C=CC(O)(CC#Cc2cccnc2)/C1=C\c1ccccn1. The summed E-state index contributed by atoms with van der Waals surface area (Å²) >= 11 is 0. The Hall–Kier alpha value is -3.03. The Morgan fingerprint density at radius 3 is 2.87 bits per heavy atom. The summed E-state index contributed by atoms with van der Waals surface area (Å²) in [6.45, 7) is 0. The third-order valence-electron chi connectivity index (χ3n) is 3.47. The highest BCUT2D eigenvalue weighted by atomic mass is 16.3. The van der Waals surface area contributed by atoms with Crippen LogP contribution in [-0.2, 0) is 4.79 Å². The first-order valence-electron chi connectivity index (χ1n) is 7.15. The molecule has 1 unspecified atom stereocenters. The number of hydrogen-bond donors (Lipinski definition) is 1. The maximum Gasteiger partial charge on any atom is 0.184 e. The van der Waals surface area contributed by atoms with E-state index in [1.54, 1.807) is 42.9 Å². The molecule has 2 aromatic rings. The lowest BCUT2D eigenvalue weighted by molar-refractivity contribution is -0.111. The number of ketones is 1. The molecule has 0 spiro atoms. The van der Waals surface area contributed by atoms with E-state index in [0.29, 0.717) is 5.69 Å². The van der Waals surface area contributed by atoms with Crippen molar-refractivity contribution >= 4 is 11.9 Å². The predicted octanol–water partition coefficient (Wildman–Crippen LogP) is 2.17. The van der Waals surface area contributed by atoms with Gasteiger partial charge in [0.2, 0.25) is 0 Å². The van der Waals surface area contributed by atoms with Crippen molar-refractivity contribution < 1.29 is 9.90 Å². The molecule has 0 amide bonds. The smallest absolute Gasteiger partial charge is 0.184 e. The second kappa shape index (κ2) is 6.39. The van der Waals surface area contributed by atoms with Gasteiger partial charge in [-0.2, -0.15) is 0 Å². The molecular weight excluding hydrogens is 288 g/mol. The highest BCUT2D eigenvalue weighted by molar-refractivity contribution is 6.12. The number of nitrogens with zero attached hydrogens (tertiary/aromatic N) is 2. The van der Waals surface area contributed by atoms with Crippen LogP contribution in [0.3, 0.4) is 0 Å². The van der Waals surface area contributed by atoms with Crippen LogP contribution in [0.1, 0.15) is 17.7 Å². The van der Waals surface area contributed by atoms with Crippen molar-refractivity contribution in [3.8, 4) is 11.8 Å². The number of aliphatic hydroxyl groups is 1. The largest absolute Gasteiger partial charge is 0.380 e. The summed E-state index contributed by atoms with van der Waals surface area (Å²) < 4.78 is 0. The van der Waals surface area contributed by atoms with E-state index in [-0.39, 0.29) is 17.8 Å². The Bertz CT molecular complexity index is 830. The van der Waals surface area contributed by atoms with Gasteiger partial charge in [-0.05, 0) is 42.5 Å². The zero-order valence-corrected chi connectivity index (χ0v) is 12.3. The molecule has 0 radical (unpaired) electrons. The van der Waals surface area contributed by atoms with Gasteiger partial charge in [0.25, 0.3) is 0 Å². The average molecular weight is 302 g/mol. The summed E-state index contributed by atoms with van der Waals surface area (Å²) in [6, 6.07) is 9.03. The van der Waals surface area contributed by atoms with Crippen LogP contribution in [0.2, 0.25) is 0 Å². The van der Waals surface area contributed by atoms with Gasteiger partial charge in [0.15, 0.2) is 5.78 Å². The van der Waals surface area contributed by atoms with E-state index in [0.717, 1.165) is 5.56 Å². The molecule has 2 heterocycles. The van der Waals surface area contributed by atoms with Gasteiger partial charge in [0.1, 0.15) is 5.60 Å². The topological polar surface area (TPSA) is 63.1 Å².